The van der Waals surface area contributed by atoms with Gasteiger partial charge < -0.3 is 15.2 Å². The molecular weight excluding hydrogens is 352 g/mol. The molecule has 0 bridgehead atoms. The standard InChI is InChI=1S/C18H31N4O3S/c1-4-5-6-7-11-24-18-17(20-26-21-18)15-9-8-10-22(3,13-15)14(2)25-16(23)12-19/h9,14H,4-8,10-13,19H2,1-3H3/q+1. The second-order valence-electron chi connectivity index (χ2n) is 7.00. The van der Waals surface area contributed by atoms with Crippen molar-refractivity contribution in [3.05, 3.63) is 11.8 Å². The number of unbranched alkanes of at least 4 members (excludes halogenated alkanes) is 3. The van der Waals surface area contributed by atoms with Gasteiger partial charge in [0, 0.05) is 18.9 Å². The Hall–Kier alpha value is -1.51. The number of nitrogens with zero attached hydrogens (tertiary/aromatic N) is 3. The first kappa shape index (κ1) is 20.8. The van der Waals surface area contributed by atoms with Gasteiger partial charge in [-0.15, -0.1) is 4.37 Å². The Kier molecular flexibility index (Phi) is 7.99. The van der Waals surface area contributed by atoms with Gasteiger partial charge in [-0.3, -0.25) is 9.28 Å². The lowest BCUT2D eigenvalue weighted by Gasteiger charge is -2.41. The van der Waals surface area contributed by atoms with Gasteiger partial charge in [0.25, 0.3) is 5.88 Å². The minimum absolute atomic E-state index is 0.0982. The zero-order valence-corrected chi connectivity index (χ0v) is 16.9. The number of aromatic nitrogens is 2. The highest BCUT2D eigenvalue weighted by Crippen LogP contribution is 2.31. The van der Waals surface area contributed by atoms with Crippen molar-refractivity contribution >= 4 is 23.3 Å². The quantitative estimate of drug-likeness (QED) is 0.380. The number of carbonyl (C=O) groups excluding carboxylic acids is 1. The first-order valence-electron chi connectivity index (χ1n) is 9.38. The van der Waals surface area contributed by atoms with Crippen LogP contribution in [-0.4, -0.2) is 58.7 Å². The number of rotatable bonds is 10. The molecule has 0 saturated heterocycles. The monoisotopic (exact) mass is 383 g/mol. The molecule has 2 atom stereocenters. The summed E-state index contributed by atoms with van der Waals surface area (Å²) in [5.41, 5.74) is 7.30. The summed E-state index contributed by atoms with van der Waals surface area (Å²) in [5, 5.41) is 0. The third-order valence-electron chi connectivity index (χ3n) is 4.91. The van der Waals surface area contributed by atoms with Crippen molar-refractivity contribution in [2.24, 2.45) is 5.73 Å². The zero-order valence-electron chi connectivity index (χ0n) is 16.1. The van der Waals surface area contributed by atoms with Crippen LogP contribution in [0.3, 0.4) is 0 Å². The van der Waals surface area contributed by atoms with Gasteiger partial charge in [-0.05, 0) is 6.42 Å². The first-order chi connectivity index (χ1) is 12.5. The number of hydrogen-bond acceptors (Lipinski definition) is 7. The smallest absolute Gasteiger partial charge is 0.324 e. The summed E-state index contributed by atoms with van der Waals surface area (Å²) in [6.45, 7) is 6.30. The van der Waals surface area contributed by atoms with Gasteiger partial charge in [-0.2, -0.15) is 4.37 Å². The highest BCUT2D eigenvalue weighted by molar-refractivity contribution is 6.99. The molecule has 7 nitrogen and oxygen atoms in total. The molecule has 146 valence electrons. The molecule has 0 aromatic carbocycles. The third-order valence-corrected chi connectivity index (χ3v) is 5.42. The Bertz CT molecular complexity index is 619. The van der Waals surface area contributed by atoms with Crippen molar-refractivity contribution in [1.29, 1.82) is 0 Å². The molecule has 0 radical (unpaired) electrons. The normalized spacial score (nSPS) is 21.2. The summed E-state index contributed by atoms with van der Waals surface area (Å²) in [5.74, 6) is 0.247. The minimum atomic E-state index is -0.376. The molecule has 1 aliphatic rings. The fourth-order valence-electron chi connectivity index (χ4n) is 3.08. The van der Waals surface area contributed by atoms with Crippen LogP contribution in [-0.2, 0) is 9.53 Å². The Morgan fingerprint density at radius 3 is 2.92 bits per heavy atom. The van der Waals surface area contributed by atoms with Crippen LogP contribution in [0.1, 0.15) is 51.6 Å². The van der Waals surface area contributed by atoms with E-state index in [0.717, 1.165) is 37.2 Å². The zero-order chi connectivity index (χ0) is 19.0. The summed E-state index contributed by atoms with van der Waals surface area (Å²) in [6.07, 6.45) is 7.46. The minimum Gasteiger partial charge on any atom is -0.475 e. The fraction of sp³-hybridized carbons (Fsp3) is 0.722. The molecule has 2 unspecified atom stereocenters. The Morgan fingerprint density at radius 1 is 1.38 bits per heavy atom. The van der Waals surface area contributed by atoms with Gasteiger partial charge in [0.05, 0.1) is 38.5 Å². The van der Waals surface area contributed by atoms with E-state index in [9.17, 15) is 4.79 Å². The molecule has 0 fully saturated rings. The summed E-state index contributed by atoms with van der Waals surface area (Å²) >= 11 is 1.18. The molecular formula is C18H31N4O3S+. The molecule has 1 aromatic rings. The highest BCUT2D eigenvalue weighted by atomic mass is 32.1. The Morgan fingerprint density at radius 2 is 2.19 bits per heavy atom. The molecule has 1 aliphatic heterocycles. The van der Waals surface area contributed by atoms with Crippen molar-refractivity contribution < 1.29 is 18.8 Å². The molecule has 2 heterocycles. The largest absolute Gasteiger partial charge is 0.475 e. The highest BCUT2D eigenvalue weighted by Gasteiger charge is 2.36. The summed E-state index contributed by atoms with van der Waals surface area (Å²) in [4.78, 5) is 11.6. The second-order valence-corrected chi connectivity index (χ2v) is 7.53. The molecule has 1 aromatic heterocycles. The number of quaternary nitrogens is 1. The van der Waals surface area contributed by atoms with Gasteiger partial charge in [-0.1, -0.05) is 32.3 Å². The molecule has 8 heteroatoms. The lowest BCUT2D eigenvalue weighted by Crippen LogP contribution is -2.55. The van der Waals surface area contributed by atoms with Gasteiger partial charge in [0.15, 0.2) is 0 Å². The van der Waals surface area contributed by atoms with Gasteiger partial charge in [0.1, 0.15) is 12.2 Å². The maximum atomic E-state index is 11.6. The maximum Gasteiger partial charge on any atom is 0.324 e. The number of likely N-dealkylation sites (N-methyl/N-ethyl adjacent to an activating group) is 1. The van der Waals surface area contributed by atoms with Crippen LogP contribution >= 0.6 is 11.7 Å². The topological polar surface area (TPSA) is 87.3 Å². The number of ether oxygens (including phenoxy) is 2. The van der Waals surface area contributed by atoms with Crippen molar-refractivity contribution in [3.8, 4) is 5.88 Å². The summed E-state index contributed by atoms with van der Waals surface area (Å²) < 4.78 is 20.7. The van der Waals surface area contributed by atoms with Crippen LogP contribution in [0.5, 0.6) is 5.88 Å². The number of esters is 1. The van der Waals surface area contributed by atoms with E-state index in [1.54, 1.807) is 0 Å². The lowest BCUT2D eigenvalue weighted by atomic mass is 10.0. The SMILES string of the molecule is CCCCCCOc1nsnc1C1=CCC[N+](C)(C(C)OC(=O)CN)C1. The summed E-state index contributed by atoms with van der Waals surface area (Å²) in [7, 11) is 2.09. The summed E-state index contributed by atoms with van der Waals surface area (Å²) in [6, 6.07) is 0. The fourth-order valence-corrected chi connectivity index (χ4v) is 3.61. The van der Waals surface area contributed by atoms with Crippen molar-refractivity contribution in [1.82, 2.24) is 8.75 Å². The Labute approximate surface area is 160 Å². The van der Waals surface area contributed by atoms with E-state index in [1.807, 2.05) is 6.92 Å². The molecule has 2 N–H and O–H groups in total. The average molecular weight is 384 g/mol. The van der Waals surface area contributed by atoms with E-state index in [-0.39, 0.29) is 18.7 Å². The van der Waals surface area contributed by atoms with Crippen LogP contribution in [0.4, 0.5) is 0 Å². The van der Waals surface area contributed by atoms with Crippen LogP contribution < -0.4 is 10.5 Å². The van der Waals surface area contributed by atoms with Crippen LogP contribution in [0, 0.1) is 0 Å². The van der Waals surface area contributed by atoms with Crippen LogP contribution in [0.15, 0.2) is 6.08 Å². The number of carbonyl (C=O) groups is 1. The van der Waals surface area contributed by atoms with Crippen molar-refractivity contribution in [3.63, 3.8) is 0 Å². The number of hydrogen-bond donors (Lipinski definition) is 1. The van der Waals surface area contributed by atoms with E-state index in [4.69, 9.17) is 15.2 Å². The molecule has 0 spiro atoms. The average Bonchev–Trinajstić information content (AvgIpc) is 3.10. The molecule has 0 saturated carbocycles. The number of nitrogens with two attached hydrogens (primary N) is 1. The predicted octanol–water partition coefficient (Wildman–Crippen LogP) is 2.58. The van der Waals surface area contributed by atoms with E-state index in [2.05, 4.69) is 28.8 Å². The molecule has 26 heavy (non-hydrogen) atoms. The van der Waals surface area contributed by atoms with E-state index in [1.165, 1.54) is 31.0 Å². The van der Waals surface area contributed by atoms with Crippen molar-refractivity contribution in [2.75, 3.05) is 33.3 Å². The van der Waals surface area contributed by atoms with Crippen molar-refractivity contribution in [2.45, 2.75) is 52.2 Å². The first-order valence-corrected chi connectivity index (χ1v) is 10.1. The maximum absolute atomic E-state index is 11.6. The van der Waals surface area contributed by atoms with Gasteiger partial charge >= 0.3 is 5.97 Å². The van der Waals surface area contributed by atoms with E-state index in [0.29, 0.717) is 17.0 Å². The molecule has 2 rings (SSSR count). The Balaban J connectivity index is 2.00. The second kappa shape index (κ2) is 9.99. The molecule has 0 amide bonds. The van der Waals surface area contributed by atoms with Crippen LogP contribution in [0.2, 0.25) is 0 Å². The van der Waals surface area contributed by atoms with Gasteiger partial charge in [0.2, 0.25) is 6.23 Å². The molecule has 0 aliphatic carbocycles. The lowest BCUT2D eigenvalue weighted by molar-refractivity contribution is -0.944. The predicted molar refractivity (Wildman–Crippen MR) is 103 cm³/mol. The third kappa shape index (κ3) is 5.49. The van der Waals surface area contributed by atoms with E-state index < -0.39 is 0 Å². The van der Waals surface area contributed by atoms with E-state index >= 15 is 0 Å². The van der Waals surface area contributed by atoms with Gasteiger partial charge in [-0.25, -0.2) is 0 Å². The van der Waals surface area contributed by atoms with Crippen LogP contribution in [0.25, 0.3) is 5.57 Å².